The number of ether oxygens (including phenoxy) is 4. The van der Waals surface area contributed by atoms with E-state index in [1.807, 2.05) is 37.3 Å². The van der Waals surface area contributed by atoms with E-state index in [2.05, 4.69) is 26.6 Å². The molecule has 0 N–H and O–H groups in total. The Balaban J connectivity index is 1.17. The van der Waals surface area contributed by atoms with Gasteiger partial charge in [-0.05, 0) is 68.2 Å². The molecule has 0 saturated carbocycles. The second kappa shape index (κ2) is 10.9. The number of esters is 1. The lowest BCUT2D eigenvalue weighted by Crippen LogP contribution is -2.34. The SMILES string of the molecule is COCCn1c(CN2CCC(c3cccc4c3OC(C)(c3cccnc3)O4)CC2)nc2ccc(C(=O)OC)cc21. The first-order valence-corrected chi connectivity index (χ1v) is 13.7. The summed E-state index contributed by atoms with van der Waals surface area (Å²) in [5, 5.41) is 0. The Hall–Kier alpha value is -3.95. The average molecular weight is 543 g/mol. The number of methoxy groups -OCH3 is 2. The zero-order valence-electron chi connectivity index (χ0n) is 23.1. The van der Waals surface area contributed by atoms with E-state index < -0.39 is 5.79 Å². The zero-order chi connectivity index (χ0) is 27.7. The van der Waals surface area contributed by atoms with Crippen LogP contribution in [0.3, 0.4) is 0 Å². The van der Waals surface area contributed by atoms with E-state index in [0.717, 1.165) is 66.4 Å². The highest BCUT2D eigenvalue weighted by Crippen LogP contribution is 2.49. The van der Waals surface area contributed by atoms with Crippen LogP contribution in [0.15, 0.2) is 60.9 Å². The Morgan fingerprint density at radius 3 is 2.70 bits per heavy atom. The van der Waals surface area contributed by atoms with Crippen molar-refractivity contribution in [2.75, 3.05) is 33.9 Å². The third kappa shape index (κ3) is 4.91. The second-order valence-corrected chi connectivity index (χ2v) is 10.5. The Morgan fingerprint density at radius 2 is 1.95 bits per heavy atom. The highest BCUT2D eigenvalue weighted by Gasteiger charge is 2.41. The first-order valence-electron chi connectivity index (χ1n) is 13.7. The standard InChI is InChI=1S/C31H34N4O5/c1-31(23-6-5-13-32-19-23)39-27-8-4-7-24(29(27)40-31)21-11-14-34(15-12-21)20-28-33-25-10-9-22(30(36)38-3)18-26(25)35(28)16-17-37-2/h4-10,13,18-19,21H,11-12,14-17,20H2,1-3H3. The van der Waals surface area contributed by atoms with Crippen LogP contribution < -0.4 is 9.47 Å². The summed E-state index contributed by atoms with van der Waals surface area (Å²) >= 11 is 0. The Morgan fingerprint density at radius 1 is 1.10 bits per heavy atom. The van der Waals surface area contributed by atoms with Crippen molar-refractivity contribution in [1.82, 2.24) is 19.4 Å². The molecule has 2 aliphatic rings. The first kappa shape index (κ1) is 26.3. The number of aromatic nitrogens is 3. The minimum Gasteiger partial charge on any atom is -0.465 e. The number of fused-ring (bicyclic) bond motifs is 2. The van der Waals surface area contributed by atoms with Crippen molar-refractivity contribution in [3.63, 3.8) is 0 Å². The number of para-hydroxylation sites is 1. The number of nitrogens with zero attached hydrogens (tertiary/aromatic N) is 4. The quantitative estimate of drug-likeness (QED) is 0.291. The van der Waals surface area contributed by atoms with E-state index in [9.17, 15) is 4.79 Å². The monoisotopic (exact) mass is 542 g/mol. The second-order valence-electron chi connectivity index (χ2n) is 10.5. The summed E-state index contributed by atoms with van der Waals surface area (Å²) in [7, 11) is 3.09. The molecule has 0 amide bonds. The number of carbonyl (C=O) groups excluding carboxylic acids is 1. The van der Waals surface area contributed by atoms with Crippen LogP contribution in [-0.2, 0) is 28.4 Å². The molecular weight excluding hydrogens is 508 g/mol. The lowest BCUT2D eigenvalue weighted by molar-refractivity contribution is -0.0688. The van der Waals surface area contributed by atoms with Gasteiger partial charge in [0.1, 0.15) is 5.82 Å². The number of carbonyl (C=O) groups is 1. The maximum atomic E-state index is 12.1. The smallest absolute Gasteiger partial charge is 0.337 e. The van der Waals surface area contributed by atoms with Crippen molar-refractivity contribution in [3.8, 4) is 11.5 Å². The van der Waals surface area contributed by atoms with Crippen LogP contribution in [0.2, 0.25) is 0 Å². The Bertz CT molecular complexity index is 1510. The molecule has 9 nitrogen and oxygen atoms in total. The summed E-state index contributed by atoms with van der Waals surface area (Å²) in [4.78, 5) is 23.7. The van der Waals surface area contributed by atoms with Gasteiger partial charge in [-0.3, -0.25) is 9.88 Å². The van der Waals surface area contributed by atoms with Gasteiger partial charge in [-0.2, -0.15) is 0 Å². The van der Waals surface area contributed by atoms with E-state index in [0.29, 0.717) is 24.6 Å². The van der Waals surface area contributed by atoms with Gasteiger partial charge in [0, 0.05) is 38.5 Å². The summed E-state index contributed by atoms with van der Waals surface area (Å²) in [6.07, 6.45) is 5.56. The van der Waals surface area contributed by atoms with Gasteiger partial charge in [0.25, 0.3) is 5.79 Å². The molecule has 4 heterocycles. The van der Waals surface area contributed by atoms with Crippen molar-refractivity contribution < 1.29 is 23.7 Å². The van der Waals surface area contributed by atoms with Crippen molar-refractivity contribution in [2.24, 2.45) is 0 Å². The van der Waals surface area contributed by atoms with Gasteiger partial charge in [0.05, 0.1) is 42.4 Å². The van der Waals surface area contributed by atoms with Gasteiger partial charge in [-0.15, -0.1) is 0 Å². The van der Waals surface area contributed by atoms with Crippen molar-refractivity contribution >= 4 is 17.0 Å². The van der Waals surface area contributed by atoms with Crippen LogP contribution in [0.1, 0.15) is 53.0 Å². The van der Waals surface area contributed by atoms with Gasteiger partial charge in [-0.1, -0.05) is 12.1 Å². The van der Waals surface area contributed by atoms with Crippen LogP contribution in [-0.4, -0.2) is 59.3 Å². The Labute approximate surface area is 233 Å². The van der Waals surface area contributed by atoms with Crippen LogP contribution in [0.5, 0.6) is 11.5 Å². The number of hydrogen-bond acceptors (Lipinski definition) is 8. The van der Waals surface area contributed by atoms with E-state index in [1.54, 1.807) is 25.6 Å². The summed E-state index contributed by atoms with van der Waals surface area (Å²) < 4.78 is 25.2. The molecule has 0 radical (unpaired) electrons. The van der Waals surface area contributed by atoms with Crippen molar-refractivity contribution in [2.45, 2.75) is 44.6 Å². The molecule has 0 spiro atoms. The van der Waals surface area contributed by atoms with E-state index in [4.69, 9.17) is 23.9 Å². The number of rotatable bonds is 8. The van der Waals surface area contributed by atoms with Crippen LogP contribution in [0.4, 0.5) is 0 Å². The minimum absolute atomic E-state index is 0.354. The van der Waals surface area contributed by atoms with E-state index in [1.165, 1.54) is 12.7 Å². The lowest BCUT2D eigenvalue weighted by atomic mass is 9.88. The predicted octanol–water partition coefficient (Wildman–Crippen LogP) is 4.89. The molecule has 40 heavy (non-hydrogen) atoms. The van der Waals surface area contributed by atoms with Gasteiger partial charge in [0.15, 0.2) is 11.5 Å². The maximum absolute atomic E-state index is 12.1. The third-order valence-corrected chi connectivity index (χ3v) is 7.96. The van der Waals surface area contributed by atoms with Gasteiger partial charge < -0.3 is 23.5 Å². The highest BCUT2D eigenvalue weighted by molar-refractivity contribution is 5.93. The fraction of sp³-hybridized carbons (Fsp3) is 0.387. The molecule has 1 fully saturated rings. The Kier molecular flexibility index (Phi) is 7.16. The molecule has 2 aliphatic heterocycles. The topological polar surface area (TPSA) is 87.9 Å². The predicted molar refractivity (Wildman–Crippen MR) is 149 cm³/mol. The largest absolute Gasteiger partial charge is 0.465 e. The minimum atomic E-state index is -0.886. The summed E-state index contributed by atoms with van der Waals surface area (Å²) in [6, 6.07) is 15.6. The fourth-order valence-corrected chi connectivity index (χ4v) is 5.79. The summed E-state index contributed by atoms with van der Waals surface area (Å²) in [6.45, 7) is 5.77. The molecule has 208 valence electrons. The van der Waals surface area contributed by atoms with Gasteiger partial charge in [-0.25, -0.2) is 9.78 Å². The van der Waals surface area contributed by atoms with Gasteiger partial charge in [0.2, 0.25) is 0 Å². The molecule has 1 saturated heterocycles. The molecule has 2 aromatic carbocycles. The number of pyridine rings is 1. The number of benzene rings is 2. The van der Waals surface area contributed by atoms with E-state index >= 15 is 0 Å². The van der Waals surface area contributed by atoms with Crippen LogP contribution >= 0.6 is 0 Å². The van der Waals surface area contributed by atoms with Crippen molar-refractivity contribution in [3.05, 3.63) is 83.4 Å². The van der Waals surface area contributed by atoms with Crippen LogP contribution in [0.25, 0.3) is 11.0 Å². The van der Waals surface area contributed by atoms with Crippen LogP contribution in [0, 0.1) is 0 Å². The molecular formula is C31H34N4O5. The highest BCUT2D eigenvalue weighted by atomic mass is 16.7. The molecule has 0 aliphatic carbocycles. The fourth-order valence-electron chi connectivity index (χ4n) is 5.79. The average Bonchev–Trinajstić information content (AvgIpc) is 3.53. The zero-order valence-corrected chi connectivity index (χ0v) is 23.1. The van der Waals surface area contributed by atoms with Crippen molar-refractivity contribution in [1.29, 1.82) is 0 Å². The van der Waals surface area contributed by atoms with Gasteiger partial charge >= 0.3 is 5.97 Å². The molecule has 1 atom stereocenters. The first-order chi connectivity index (χ1) is 19.5. The number of piperidine rings is 1. The third-order valence-electron chi connectivity index (χ3n) is 7.96. The number of hydrogen-bond donors (Lipinski definition) is 0. The normalized spacial score (nSPS) is 19.3. The van der Waals surface area contributed by atoms with E-state index in [-0.39, 0.29) is 5.97 Å². The summed E-state index contributed by atoms with van der Waals surface area (Å²) in [5.41, 5.74) is 4.39. The maximum Gasteiger partial charge on any atom is 0.337 e. The lowest BCUT2D eigenvalue weighted by Gasteiger charge is -2.32. The summed E-state index contributed by atoms with van der Waals surface area (Å²) in [5.74, 6) is 1.73. The number of likely N-dealkylation sites (tertiary alicyclic amines) is 1. The molecule has 1 unspecified atom stereocenters. The number of imidazole rings is 1. The molecule has 6 rings (SSSR count). The molecule has 0 bridgehead atoms. The molecule has 2 aromatic heterocycles. The molecule has 9 heteroatoms. The molecule has 4 aromatic rings.